The van der Waals surface area contributed by atoms with Crippen LogP contribution in [0.1, 0.15) is 30.9 Å². The van der Waals surface area contributed by atoms with E-state index < -0.39 is 12.5 Å². The first-order valence-electron chi connectivity index (χ1n) is 9.90. The van der Waals surface area contributed by atoms with Gasteiger partial charge in [0, 0.05) is 19.1 Å². The predicted molar refractivity (Wildman–Crippen MR) is 103 cm³/mol. The van der Waals surface area contributed by atoms with Gasteiger partial charge in [-0.1, -0.05) is 12.1 Å². The summed E-state index contributed by atoms with van der Waals surface area (Å²) in [7, 11) is 1.61. The number of rotatable bonds is 5. The number of amides is 1. The fourth-order valence-electron chi connectivity index (χ4n) is 4.28. The minimum Gasteiger partial charge on any atom is -0.497 e. The van der Waals surface area contributed by atoms with Crippen molar-refractivity contribution in [1.29, 1.82) is 0 Å². The number of nitrogens with zero attached hydrogens (tertiary/aromatic N) is 4. The first-order valence-corrected chi connectivity index (χ1v) is 9.90. The van der Waals surface area contributed by atoms with E-state index in [0.717, 1.165) is 24.2 Å². The quantitative estimate of drug-likeness (QED) is 0.828. The van der Waals surface area contributed by atoms with Gasteiger partial charge in [0.25, 0.3) is 6.43 Å². The summed E-state index contributed by atoms with van der Waals surface area (Å²) < 4.78 is 33.4. The molecule has 2 aliphatic heterocycles. The van der Waals surface area contributed by atoms with E-state index in [1.165, 1.54) is 11.0 Å². The van der Waals surface area contributed by atoms with Crippen LogP contribution in [0.2, 0.25) is 0 Å². The normalized spacial score (nSPS) is 22.3. The number of hydrogen-bond donors (Lipinski definition) is 1. The monoisotopic (exact) mass is 405 g/mol. The summed E-state index contributed by atoms with van der Waals surface area (Å²) >= 11 is 0. The van der Waals surface area contributed by atoms with Crippen molar-refractivity contribution in [2.75, 3.05) is 25.5 Å². The van der Waals surface area contributed by atoms with Crippen LogP contribution in [0.4, 0.5) is 14.7 Å². The van der Waals surface area contributed by atoms with Crippen molar-refractivity contribution in [3.8, 4) is 5.75 Å². The third-order valence-corrected chi connectivity index (χ3v) is 5.96. The van der Waals surface area contributed by atoms with Crippen LogP contribution in [0.3, 0.4) is 0 Å². The summed E-state index contributed by atoms with van der Waals surface area (Å²) in [5, 5.41) is 7.19. The molecule has 1 saturated heterocycles. The molecule has 2 aliphatic rings. The topological polar surface area (TPSA) is 72.3 Å². The molecule has 0 aliphatic carbocycles. The molecule has 4 rings (SSSR count). The zero-order valence-corrected chi connectivity index (χ0v) is 16.3. The zero-order chi connectivity index (χ0) is 20.4. The van der Waals surface area contributed by atoms with Crippen molar-refractivity contribution in [2.24, 2.45) is 5.92 Å². The lowest BCUT2D eigenvalue weighted by Crippen LogP contribution is -2.46. The molecule has 1 aromatic carbocycles. The van der Waals surface area contributed by atoms with Crippen LogP contribution in [-0.2, 0) is 11.2 Å². The van der Waals surface area contributed by atoms with E-state index in [-0.39, 0.29) is 17.9 Å². The van der Waals surface area contributed by atoms with Crippen molar-refractivity contribution < 1.29 is 18.3 Å². The molecule has 0 bridgehead atoms. The molecule has 1 aromatic heterocycles. The van der Waals surface area contributed by atoms with Crippen LogP contribution >= 0.6 is 0 Å². The molecule has 1 fully saturated rings. The number of methoxy groups -OCH3 is 1. The van der Waals surface area contributed by atoms with Crippen LogP contribution in [0.15, 0.2) is 30.6 Å². The molecule has 0 saturated carbocycles. The molecule has 156 valence electrons. The molecule has 1 N–H and O–H groups in total. The second-order valence-corrected chi connectivity index (χ2v) is 7.66. The fraction of sp³-hybridized carbons (Fsp3) is 0.550. The Hall–Kier alpha value is -2.71. The maximum absolute atomic E-state index is 13.5. The lowest BCUT2D eigenvalue weighted by molar-refractivity contribution is -0.131. The largest absolute Gasteiger partial charge is 0.497 e. The molecule has 2 aromatic rings. The zero-order valence-electron chi connectivity index (χ0n) is 16.3. The number of aromatic nitrogens is 3. The summed E-state index contributed by atoms with van der Waals surface area (Å²) in [6.07, 6.45) is 1.07. The highest BCUT2D eigenvalue weighted by Crippen LogP contribution is 2.35. The van der Waals surface area contributed by atoms with Crippen LogP contribution < -0.4 is 10.1 Å². The van der Waals surface area contributed by atoms with Crippen molar-refractivity contribution >= 4 is 11.9 Å². The highest BCUT2D eigenvalue weighted by atomic mass is 19.3. The van der Waals surface area contributed by atoms with Crippen molar-refractivity contribution in [1.82, 2.24) is 19.7 Å². The van der Waals surface area contributed by atoms with E-state index in [9.17, 15) is 13.6 Å². The minimum absolute atomic E-state index is 0.0791. The van der Waals surface area contributed by atoms with Gasteiger partial charge in [-0.05, 0) is 42.9 Å². The first kappa shape index (κ1) is 19.6. The smallest absolute Gasteiger partial charge is 0.260 e. The molecule has 29 heavy (non-hydrogen) atoms. The molecule has 0 spiro atoms. The number of benzene rings is 1. The number of fused-ring (bicyclic) bond motifs is 1. The number of likely N-dealkylation sites (tertiary alicyclic amines) is 1. The molecule has 2 atom stereocenters. The second kappa shape index (κ2) is 8.34. The average Bonchev–Trinajstić information content (AvgIpc) is 3.22. The summed E-state index contributed by atoms with van der Waals surface area (Å²) in [4.78, 5) is 18.6. The van der Waals surface area contributed by atoms with E-state index in [1.54, 1.807) is 7.11 Å². The molecular weight excluding hydrogens is 380 g/mol. The Kier molecular flexibility index (Phi) is 5.64. The van der Waals surface area contributed by atoms with Gasteiger partial charge >= 0.3 is 0 Å². The van der Waals surface area contributed by atoms with E-state index in [4.69, 9.17) is 4.74 Å². The highest BCUT2D eigenvalue weighted by Gasteiger charge is 2.38. The maximum atomic E-state index is 13.5. The third kappa shape index (κ3) is 4.18. The average molecular weight is 405 g/mol. The van der Waals surface area contributed by atoms with E-state index in [0.29, 0.717) is 31.9 Å². The highest BCUT2D eigenvalue weighted by molar-refractivity contribution is 5.78. The minimum atomic E-state index is -2.48. The van der Waals surface area contributed by atoms with Crippen molar-refractivity contribution in [3.63, 3.8) is 0 Å². The number of carbonyl (C=O) groups is 1. The number of piperidine rings is 1. The van der Waals surface area contributed by atoms with Gasteiger partial charge in [0.15, 0.2) is 0 Å². The van der Waals surface area contributed by atoms with Crippen LogP contribution in [-0.4, -0.2) is 58.2 Å². The van der Waals surface area contributed by atoms with E-state index >= 15 is 0 Å². The number of carbonyl (C=O) groups excluding carboxylic acids is 1. The summed E-state index contributed by atoms with van der Waals surface area (Å²) in [5.74, 6) is 1.49. The Bertz CT molecular complexity index is 834. The molecule has 9 heteroatoms. The second-order valence-electron chi connectivity index (χ2n) is 7.66. The van der Waals surface area contributed by atoms with Gasteiger partial charge in [0.2, 0.25) is 11.9 Å². The van der Waals surface area contributed by atoms with Gasteiger partial charge in [-0.3, -0.25) is 4.79 Å². The summed E-state index contributed by atoms with van der Waals surface area (Å²) in [6.45, 7) is 1.29. The van der Waals surface area contributed by atoms with Gasteiger partial charge in [-0.25, -0.2) is 13.5 Å². The third-order valence-electron chi connectivity index (χ3n) is 5.96. The van der Waals surface area contributed by atoms with Crippen LogP contribution in [0.25, 0.3) is 0 Å². The number of ether oxygens (including phenoxy) is 1. The molecule has 3 heterocycles. The van der Waals surface area contributed by atoms with Gasteiger partial charge in [0.05, 0.1) is 13.5 Å². The van der Waals surface area contributed by atoms with Gasteiger partial charge < -0.3 is 15.0 Å². The Morgan fingerprint density at radius 1 is 1.28 bits per heavy atom. The summed E-state index contributed by atoms with van der Waals surface area (Å²) in [5.41, 5.74) is 0.950. The summed E-state index contributed by atoms with van der Waals surface area (Å²) in [6, 6.07) is 6.47. The molecule has 1 amide bonds. The number of nitrogens with one attached hydrogen (secondary N) is 1. The van der Waals surface area contributed by atoms with Crippen molar-refractivity contribution in [3.05, 3.63) is 36.2 Å². The molecular formula is C20H25F2N5O2. The van der Waals surface area contributed by atoms with Gasteiger partial charge in [-0.2, -0.15) is 10.1 Å². The van der Waals surface area contributed by atoms with Gasteiger partial charge in [-0.15, -0.1) is 0 Å². The lowest BCUT2D eigenvalue weighted by atomic mass is 9.85. The number of halogens is 2. The van der Waals surface area contributed by atoms with Crippen molar-refractivity contribution in [2.45, 2.75) is 44.2 Å². The first-order chi connectivity index (χ1) is 14.0. The van der Waals surface area contributed by atoms with Gasteiger partial charge in [0.1, 0.15) is 18.1 Å². The Morgan fingerprint density at radius 3 is 2.66 bits per heavy atom. The Balaban J connectivity index is 1.32. The lowest BCUT2D eigenvalue weighted by Gasteiger charge is -2.40. The Morgan fingerprint density at radius 2 is 2.00 bits per heavy atom. The SMILES string of the molecule is COc1ccc(CC(=O)N2CCC([C@@H]3C[C@H](C(F)F)n4ncnc4N3)CC2)cc1. The fourth-order valence-corrected chi connectivity index (χ4v) is 4.28. The van der Waals surface area contributed by atoms with Crippen LogP contribution in [0, 0.1) is 5.92 Å². The van der Waals surface area contributed by atoms with E-state index in [2.05, 4.69) is 15.4 Å². The molecule has 0 unspecified atom stereocenters. The Labute approximate surface area is 168 Å². The molecule has 0 radical (unpaired) electrons. The van der Waals surface area contributed by atoms with Crippen LogP contribution in [0.5, 0.6) is 5.75 Å². The maximum Gasteiger partial charge on any atom is 0.260 e. The number of hydrogen-bond acceptors (Lipinski definition) is 5. The predicted octanol–water partition coefficient (Wildman–Crippen LogP) is 2.76. The number of anilines is 1. The molecule has 7 nitrogen and oxygen atoms in total. The standard InChI is InChI=1S/C20H25F2N5O2/c1-29-15-4-2-13(3-5-15)10-18(28)26-8-6-14(7-9-26)16-11-17(19(21)22)27-20(25-16)23-12-24-27/h2-5,12,14,16-17,19H,6-11H2,1H3,(H,23,24,25)/t16-,17+/m0/s1. The van der Waals surface area contributed by atoms with E-state index in [1.807, 2.05) is 29.2 Å². The number of alkyl halides is 2.